The first kappa shape index (κ1) is 23.4. The van der Waals surface area contributed by atoms with Crippen molar-refractivity contribution in [2.75, 3.05) is 17.3 Å². The lowest BCUT2D eigenvalue weighted by Crippen LogP contribution is -2.11. The average molecular weight is 499 g/mol. The molecule has 1 aromatic carbocycles. The molecule has 3 heterocycles. The summed E-state index contributed by atoms with van der Waals surface area (Å²) in [6, 6.07) is 8.63. The zero-order valence-electron chi connectivity index (χ0n) is 19.9. The van der Waals surface area contributed by atoms with Crippen LogP contribution in [0.15, 0.2) is 29.4 Å². The number of thioether (sulfide) groups is 1. The Morgan fingerprint density at radius 2 is 1.94 bits per heavy atom. The Kier molecular flexibility index (Phi) is 6.18. The lowest BCUT2D eigenvalue weighted by molar-refractivity contribution is 0.102. The quantitative estimate of drug-likeness (QED) is 0.365. The highest BCUT2D eigenvalue weighted by Crippen LogP contribution is 2.29. The molecule has 0 bridgehead atoms. The molecule has 1 atom stereocenters. The summed E-state index contributed by atoms with van der Waals surface area (Å²) in [5, 5.41) is 9.20. The molecular formula is C25H30N4O3S2. The van der Waals surface area contributed by atoms with E-state index in [9.17, 15) is 13.2 Å². The van der Waals surface area contributed by atoms with Crippen LogP contribution >= 0.6 is 11.8 Å². The minimum absolute atomic E-state index is 0.0666. The minimum Gasteiger partial charge on any atom is -0.318 e. The molecule has 2 aromatic heterocycles. The molecule has 9 heteroatoms. The molecule has 3 aromatic rings. The largest absolute Gasteiger partial charge is 0.318 e. The molecular weight excluding hydrogens is 468 g/mol. The van der Waals surface area contributed by atoms with Gasteiger partial charge in [0.1, 0.15) is 5.82 Å². The second-order valence-electron chi connectivity index (χ2n) is 9.57. The van der Waals surface area contributed by atoms with Gasteiger partial charge in [0.05, 0.1) is 17.3 Å². The van der Waals surface area contributed by atoms with E-state index in [4.69, 9.17) is 0 Å². The monoisotopic (exact) mass is 498 g/mol. The van der Waals surface area contributed by atoms with Crippen LogP contribution in [0.4, 0.5) is 0 Å². The van der Waals surface area contributed by atoms with Crippen molar-refractivity contribution in [3.8, 4) is 5.69 Å². The highest BCUT2D eigenvalue weighted by atomic mass is 32.2. The van der Waals surface area contributed by atoms with Crippen molar-refractivity contribution < 1.29 is 13.2 Å². The van der Waals surface area contributed by atoms with E-state index < -0.39 is 9.84 Å². The van der Waals surface area contributed by atoms with Gasteiger partial charge in [-0.15, -0.1) is 10.2 Å². The normalized spacial score (nSPS) is 19.0. The van der Waals surface area contributed by atoms with Crippen LogP contribution < -0.4 is 0 Å². The molecule has 0 spiro atoms. The molecule has 1 aliphatic carbocycles. The number of ketones is 1. The Hall–Kier alpha value is -2.39. The standard InChI is InChI=1S/C25H30N4O3S2/c1-16-11-22(17(2)29(16)21-8-7-19-5-4-6-20(19)13-21)23(30)14-33-25-27-26-24(28(25)3)12-18-9-10-34(31,32)15-18/h7-8,11,13,18H,4-6,9-10,12,14-15H2,1-3H3/t18-/m1/s1. The molecule has 2 aliphatic rings. The van der Waals surface area contributed by atoms with Crippen LogP contribution in [-0.4, -0.2) is 50.8 Å². The number of nitrogens with zero attached hydrogens (tertiary/aromatic N) is 4. The topological polar surface area (TPSA) is 86.9 Å². The van der Waals surface area contributed by atoms with Crippen LogP contribution in [0.5, 0.6) is 0 Å². The van der Waals surface area contributed by atoms with Crippen molar-refractivity contribution in [3.05, 3.63) is 58.2 Å². The molecule has 5 rings (SSSR count). The average Bonchev–Trinajstić information content (AvgIpc) is 3.54. The van der Waals surface area contributed by atoms with Gasteiger partial charge < -0.3 is 9.13 Å². The predicted octanol–water partition coefficient (Wildman–Crippen LogP) is 3.66. The second-order valence-corrected chi connectivity index (χ2v) is 12.7. The van der Waals surface area contributed by atoms with Crippen LogP contribution in [0.25, 0.3) is 5.69 Å². The van der Waals surface area contributed by atoms with Crippen molar-refractivity contribution in [2.24, 2.45) is 13.0 Å². The number of carbonyl (C=O) groups is 1. The zero-order valence-corrected chi connectivity index (χ0v) is 21.5. The van der Waals surface area contributed by atoms with Crippen LogP contribution in [-0.2, 0) is 36.1 Å². The number of aryl methyl sites for hydroxylation is 3. The molecule has 1 fully saturated rings. The van der Waals surface area contributed by atoms with E-state index in [-0.39, 0.29) is 29.0 Å². The zero-order chi connectivity index (χ0) is 24.0. The number of Topliss-reactive ketones (excluding diaryl/α,β-unsaturated/α-hetero) is 1. The maximum atomic E-state index is 13.1. The summed E-state index contributed by atoms with van der Waals surface area (Å²) in [7, 11) is -1.03. The summed E-state index contributed by atoms with van der Waals surface area (Å²) in [5.74, 6) is 1.69. The van der Waals surface area contributed by atoms with E-state index in [1.54, 1.807) is 0 Å². The third-order valence-electron chi connectivity index (χ3n) is 7.13. The Morgan fingerprint density at radius 3 is 2.71 bits per heavy atom. The maximum absolute atomic E-state index is 13.1. The van der Waals surface area contributed by atoms with E-state index in [0.29, 0.717) is 18.0 Å². The lowest BCUT2D eigenvalue weighted by Gasteiger charge is -2.12. The molecule has 0 radical (unpaired) electrons. The summed E-state index contributed by atoms with van der Waals surface area (Å²) in [4.78, 5) is 13.1. The fourth-order valence-corrected chi connectivity index (χ4v) is 7.96. The number of rotatable bonds is 7. The maximum Gasteiger partial charge on any atom is 0.191 e. The molecule has 7 nitrogen and oxygen atoms in total. The highest BCUT2D eigenvalue weighted by molar-refractivity contribution is 7.99. The summed E-state index contributed by atoms with van der Waals surface area (Å²) in [5.41, 5.74) is 6.73. The van der Waals surface area contributed by atoms with Crippen LogP contribution in [0.3, 0.4) is 0 Å². The fraction of sp³-hybridized carbons (Fsp3) is 0.480. The van der Waals surface area contributed by atoms with Crippen LogP contribution in [0.2, 0.25) is 0 Å². The summed E-state index contributed by atoms with van der Waals surface area (Å²) in [6.07, 6.45) is 4.77. The van der Waals surface area contributed by atoms with Crippen molar-refractivity contribution in [3.63, 3.8) is 0 Å². The first-order valence-corrected chi connectivity index (χ1v) is 14.6. The van der Waals surface area contributed by atoms with Gasteiger partial charge in [-0.1, -0.05) is 17.8 Å². The highest BCUT2D eigenvalue weighted by Gasteiger charge is 2.29. The summed E-state index contributed by atoms with van der Waals surface area (Å²) >= 11 is 1.38. The number of benzene rings is 1. The lowest BCUT2D eigenvalue weighted by atomic mass is 10.1. The first-order valence-electron chi connectivity index (χ1n) is 11.8. The van der Waals surface area contributed by atoms with Gasteiger partial charge in [0.25, 0.3) is 0 Å². The molecule has 34 heavy (non-hydrogen) atoms. The summed E-state index contributed by atoms with van der Waals surface area (Å²) < 4.78 is 27.5. The molecule has 1 saturated heterocycles. The molecule has 0 saturated carbocycles. The van der Waals surface area contributed by atoms with Gasteiger partial charge in [0.15, 0.2) is 20.8 Å². The van der Waals surface area contributed by atoms with E-state index in [2.05, 4.69) is 33.0 Å². The minimum atomic E-state index is -2.91. The van der Waals surface area contributed by atoms with Gasteiger partial charge >= 0.3 is 0 Å². The third kappa shape index (κ3) is 4.47. The molecule has 0 unspecified atom stereocenters. The number of carbonyl (C=O) groups excluding carboxylic acids is 1. The van der Waals surface area contributed by atoms with E-state index in [1.807, 2.05) is 31.5 Å². The van der Waals surface area contributed by atoms with E-state index >= 15 is 0 Å². The van der Waals surface area contributed by atoms with Crippen LogP contribution in [0.1, 0.15) is 51.5 Å². The number of sulfone groups is 1. The van der Waals surface area contributed by atoms with Gasteiger partial charge in [-0.2, -0.15) is 0 Å². The molecule has 1 aliphatic heterocycles. The van der Waals surface area contributed by atoms with Crippen molar-refractivity contribution >= 4 is 27.4 Å². The molecule has 0 amide bonds. The van der Waals surface area contributed by atoms with E-state index in [1.165, 1.54) is 29.3 Å². The molecule has 180 valence electrons. The summed E-state index contributed by atoms with van der Waals surface area (Å²) in [6.45, 7) is 4.05. The Balaban J connectivity index is 1.28. The predicted molar refractivity (Wildman–Crippen MR) is 134 cm³/mol. The van der Waals surface area contributed by atoms with Crippen molar-refractivity contribution in [1.29, 1.82) is 0 Å². The van der Waals surface area contributed by atoms with E-state index in [0.717, 1.165) is 41.3 Å². The van der Waals surface area contributed by atoms with Crippen molar-refractivity contribution in [2.45, 2.75) is 51.1 Å². The first-order chi connectivity index (χ1) is 16.2. The second kappa shape index (κ2) is 9.00. The Morgan fingerprint density at radius 1 is 1.15 bits per heavy atom. The number of aromatic nitrogens is 4. The Bertz CT molecular complexity index is 1370. The number of hydrogen-bond donors (Lipinski definition) is 0. The number of hydrogen-bond acceptors (Lipinski definition) is 6. The smallest absolute Gasteiger partial charge is 0.191 e. The Labute approximate surface area is 204 Å². The number of fused-ring (bicyclic) bond motifs is 1. The third-order valence-corrected chi connectivity index (χ3v) is 9.98. The fourth-order valence-electron chi connectivity index (χ4n) is 5.29. The van der Waals surface area contributed by atoms with Gasteiger partial charge in [-0.3, -0.25) is 4.79 Å². The van der Waals surface area contributed by atoms with Gasteiger partial charge in [-0.25, -0.2) is 8.42 Å². The van der Waals surface area contributed by atoms with Gasteiger partial charge in [0.2, 0.25) is 0 Å². The van der Waals surface area contributed by atoms with Gasteiger partial charge in [0, 0.05) is 36.1 Å². The van der Waals surface area contributed by atoms with Crippen molar-refractivity contribution in [1.82, 2.24) is 19.3 Å². The van der Waals surface area contributed by atoms with Gasteiger partial charge in [-0.05, 0) is 74.8 Å². The SMILES string of the molecule is Cc1cc(C(=O)CSc2nnc(C[C@H]3CCS(=O)(=O)C3)n2C)c(C)n1-c1ccc2c(c1)CCC2. The van der Waals surface area contributed by atoms with Crippen LogP contribution in [0, 0.1) is 19.8 Å². The molecule has 0 N–H and O–H groups in total.